The highest BCUT2D eigenvalue weighted by Crippen LogP contribution is 2.18. The third-order valence-corrected chi connectivity index (χ3v) is 3.08. The van der Waals surface area contributed by atoms with Gasteiger partial charge in [-0.1, -0.05) is 6.07 Å². The van der Waals surface area contributed by atoms with Crippen molar-refractivity contribution in [1.29, 1.82) is 0 Å². The first-order chi connectivity index (χ1) is 10.3. The Morgan fingerprint density at radius 1 is 0.857 bits per heavy atom. The van der Waals surface area contributed by atoms with Crippen LogP contribution < -0.4 is 15.2 Å². The Kier molecular flexibility index (Phi) is 3.87. The predicted molar refractivity (Wildman–Crippen MR) is 83.6 cm³/mol. The molecule has 106 valence electrons. The van der Waals surface area contributed by atoms with E-state index in [0.29, 0.717) is 13.2 Å². The molecule has 0 aliphatic carbocycles. The number of hydrogen-bond donors (Lipinski definition) is 1. The molecule has 0 saturated carbocycles. The quantitative estimate of drug-likeness (QED) is 0.575. The van der Waals surface area contributed by atoms with Crippen molar-refractivity contribution in [3.05, 3.63) is 60.8 Å². The average Bonchev–Trinajstić information content (AvgIpc) is 2.53. The van der Waals surface area contributed by atoms with Crippen molar-refractivity contribution in [3.8, 4) is 11.5 Å². The molecule has 2 N–H and O–H groups in total. The van der Waals surface area contributed by atoms with Crippen LogP contribution in [0, 0.1) is 0 Å². The topological polar surface area (TPSA) is 57.4 Å². The number of nitrogens with zero attached hydrogens (tertiary/aromatic N) is 1. The maximum Gasteiger partial charge on any atom is 0.122 e. The Morgan fingerprint density at radius 2 is 1.57 bits per heavy atom. The summed E-state index contributed by atoms with van der Waals surface area (Å²) in [6, 6.07) is 17.1. The second kappa shape index (κ2) is 6.13. The van der Waals surface area contributed by atoms with E-state index >= 15 is 0 Å². The Balaban J connectivity index is 1.53. The van der Waals surface area contributed by atoms with Gasteiger partial charge in [-0.15, -0.1) is 0 Å². The van der Waals surface area contributed by atoms with Gasteiger partial charge in [0.2, 0.25) is 0 Å². The Morgan fingerprint density at radius 3 is 2.38 bits per heavy atom. The van der Waals surface area contributed by atoms with Crippen molar-refractivity contribution in [3.63, 3.8) is 0 Å². The van der Waals surface area contributed by atoms with Gasteiger partial charge in [0.05, 0.1) is 5.52 Å². The molecule has 1 aromatic heterocycles. The maximum absolute atomic E-state index is 5.67. The van der Waals surface area contributed by atoms with Crippen molar-refractivity contribution in [1.82, 2.24) is 4.98 Å². The number of rotatable bonds is 5. The number of ether oxygens (including phenoxy) is 2. The molecule has 0 aliphatic heterocycles. The van der Waals surface area contributed by atoms with Gasteiger partial charge >= 0.3 is 0 Å². The van der Waals surface area contributed by atoms with Crippen LogP contribution in [-0.4, -0.2) is 18.2 Å². The fraction of sp³-hybridized carbons (Fsp3) is 0.118. The number of anilines is 1. The largest absolute Gasteiger partial charge is 0.490 e. The molecule has 0 saturated heterocycles. The van der Waals surface area contributed by atoms with Crippen LogP contribution in [-0.2, 0) is 0 Å². The van der Waals surface area contributed by atoms with Gasteiger partial charge in [-0.05, 0) is 42.5 Å². The average molecular weight is 280 g/mol. The Bertz CT molecular complexity index is 726. The molecule has 0 amide bonds. The molecule has 0 aliphatic rings. The number of hydrogen-bond acceptors (Lipinski definition) is 4. The van der Waals surface area contributed by atoms with Gasteiger partial charge < -0.3 is 15.2 Å². The third-order valence-electron chi connectivity index (χ3n) is 3.08. The molecule has 0 bridgehead atoms. The molecule has 21 heavy (non-hydrogen) atoms. The van der Waals surface area contributed by atoms with Crippen molar-refractivity contribution in [2.24, 2.45) is 0 Å². The zero-order chi connectivity index (χ0) is 14.5. The Hall–Kier alpha value is -2.75. The molecule has 1 heterocycles. The summed E-state index contributed by atoms with van der Waals surface area (Å²) in [4.78, 5) is 4.30. The Labute approximate surface area is 123 Å². The minimum Gasteiger partial charge on any atom is -0.490 e. The van der Waals surface area contributed by atoms with Gasteiger partial charge in [-0.3, -0.25) is 4.98 Å². The smallest absolute Gasteiger partial charge is 0.122 e. The predicted octanol–water partition coefficient (Wildman–Crippen LogP) is 3.27. The lowest BCUT2D eigenvalue weighted by atomic mass is 10.2. The molecule has 0 atom stereocenters. The van der Waals surface area contributed by atoms with E-state index in [9.17, 15) is 0 Å². The van der Waals surface area contributed by atoms with Gasteiger partial charge in [0.25, 0.3) is 0 Å². The number of pyridine rings is 1. The van der Waals surface area contributed by atoms with E-state index < -0.39 is 0 Å². The summed E-state index contributed by atoms with van der Waals surface area (Å²) in [5.74, 6) is 1.58. The molecule has 0 spiro atoms. The van der Waals surface area contributed by atoms with Gasteiger partial charge in [0.1, 0.15) is 24.7 Å². The minimum absolute atomic E-state index is 0.475. The molecule has 0 radical (unpaired) electrons. The summed E-state index contributed by atoms with van der Waals surface area (Å²) in [5.41, 5.74) is 7.27. The van der Waals surface area contributed by atoms with Crippen LogP contribution >= 0.6 is 0 Å². The number of fused-ring (bicyclic) bond motifs is 1. The zero-order valence-electron chi connectivity index (χ0n) is 11.5. The van der Waals surface area contributed by atoms with Crippen LogP contribution in [0.4, 0.5) is 5.69 Å². The van der Waals surface area contributed by atoms with Gasteiger partial charge in [-0.2, -0.15) is 0 Å². The fourth-order valence-electron chi connectivity index (χ4n) is 2.02. The van der Waals surface area contributed by atoms with Crippen molar-refractivity contribution >= 4 is 16.6 Å². The van der Waals surface area contributed by atoms with Crippen LogP contribution in [0.15, 0.2) is 60.8 Å². The summed E-state index contributed by atoms with van der Waals surface area (Å²) in [7, 11) is 0. The van der Waals surface area contributed by atoms with Crippen LogP contribution in [0.5, 0.6) is 11.5 Å². The highest BCUT2D eigenvalue weighted by atomic mass is 16.5. The van der Waals surface area contributed by atoms with Crippen molar-refractivity contribution < 1.29 is 9.47 Å². The number of nitrogen functional groups attached to an aromatic ring is 1. The van der Waals surface area contributed by atoms with E-state index in [4.69, 9.17) is 15.2 Å². The highest BCUT2D eigenvalue weighted by Gasteiger charge is 1.99. The summed E-state index contributed by atoms with van der Waals surface area (Å²) >= 11 is 0. The van der Waals surface area contributed by atoms with Crippen molar-refractivity contribution in [2.75, 3.05) is 18.9 Å². The molecule has 4 nitrogen and oxygen atoms in total. The van der Waals surface area contributed by atoms with E-state index in [1.54, 1.807) is 6.20 Å². The lowest BCUT2D eigenvalue weighted by molar-refractivity contribution is 0.217. The molecule has 4 heteroatoms. The number of benzene rings is 2. The van der Waals surface area contributed by atoms with Gasteiger partial charge in [0.15, 0.2) is 0 Å². The van der Waals surface area contributed by atoms with Crippen LogP contribution in [0.25, 0.3) is 10.9 Å². The highest BCUT2D eigenvalue weighted by molar-refractivity contribution is 5.79. The maximum atomic E-state index is 5.67. The minimum atomic E-state index is 0.475. The van der Waals surface area contributed by atoms with Crippen LogP contribution in [0.3, 0.4) is 0 Å². The number of aromatic nitrogens is 1. The molecular weight excluding hydrogens is 264 g/mol. The standard InChI is InChI=1S/C17H16N2O2/c18-14-4-7-15(8-5-14)20-10-11-21-16-6-3-13-2-1-9-19-17(13)12-16/h1-9,12H,10-11,18H2. The lowest BCUT2D eigenvalue weighted by Crippen LogP contribution is -2.09. The van der Waals surface area contributed by atoms with Crippen LogP contribution in [0.1, 0.15) is 0 Å². The molecule has 2 aromatic carbocycles. The second-order valence-corrected chi connectivity index (χ2v) is 4.62. The fourth-order valence-corrected chi connectivity index (χ4v) is 2.02. The first-order valence-electron chi connectivity index (χ1n) is 6.77. The molecular formula is C17H16N2O2. The molecule has 3 rings (SSSR count). The first-order valence-corrected chi connectivity index (χ1v) is 6.77. The zero-order valence-corrected chi connectivity index (χ0v) is 11.5. The summed E-state index contributed by atoms with van der Waals surface area (Å²) in [6.07, 6.45) is 1.77. The number of nitrogens with two attached hydrogens (primary N) is 1. The summed E-state index contributed by atoms with van der Waals surface area (Å²) in [5, 5.41) is 1.10. The summed E-state index contributed by atoms with van der Waals surface area (Å²) < 4.78 is 11.2. The van der Waals surface area contributed by atoms with E-state index in [1.165, 1.54) is 0 Å². The van der Waals surface area contributed by atoms with Gasteiger partial charge in [0, 0.05) is 23.3 Å². The SMILES string of the molecule is Nc1ccc(OCCOc2ccc3cccnc3c2)cc1. The monoisotopic (exact) mass is 280 g/mol. The molecule has 0 fully saturated rings. The third kappa shape index (κ3) is 3.42. The molecule has 0 unspecified atom stereocenters. The normalized spacial score (nSPS) is 10.5. The van der Waals surface area contributed by atoms with E-state index in [-0.39, 0.29) is 0 Å². The van der Waals surface area contributed by atoms with E-state index in [2.05, 4.69) is 4.98 Å². The second-order valence-electron chi connectivity index (χ2n) is 4.62. The van der Waals surface area contributed by atoms with E-state index in [1.807, 2.05) is 54.6 Å². The van der Waals surface area contributed by atoms with Crippen molar-refractivity contribution in [2.45, 2.75) is 0 Å². The lowest BCUT2D eigenvalue weighted by Gasteiger charge is -2.09. The van der Waals surface area contributed by atoms with Gasteiger partial charge in [-0.25, -0.2) is 0 Å². The van der Waals surface area contributed by atoms with Crippen LogP contribution in [0.2, 0.25) is 0 Å². The van der Waals surface area contributed by atoms with E-state index in [0.717, 1.165) is 28.1 Å². The summed E-state index contributed by atoms with van der Waals surface area (Å²) in [6.45, 7) is 0.951. The molecule has 3 aromatic rings. The first kappa shape index (κ1) is 13.2.